The molecule has 8 atom stereocenters. The molecule has 144 valence electrons. The molecule has 3 aliphatic carbocycles. The quantitative estimate of drug-likeness (QED) is 0.576. The van der Waals surface area contributed by atoms with Crippen molar-refractivity contribution in [2.24, 2.45) is 29.1 Å². The van der Waals surface area contributed by atoms with Gasteiger partial charge in [-0.15, -0.1) is 0 Å². The van der Waals surface area contributed by atoms with Crippen molar-refractivity contribution in [3.8, 4) is 0 Å². The molecule has 0 aromatic heterocycles. The number of carbonyl (C=O) groups excluding carboxylic acids is 1. The van der Waals surface area contributed by atoms with Crippen LogP contribution in [-0.2, 0) is 14.3 Å². The van der Waals surface area contributed by atoms with Crippen molar-refractivity contribution in [3.05, 3.63) is 11.6 Å². The predicted molar refractivity (Wildman–Crippen MR) is 97.6 cm³/mol. The van der Waals surface area contributed by atoms with Crippen LogP contribution in [0, 0.1) is 29.1 Å². The Balaban J connectivity index is 1.59. The average molecular weight is 360 g/mol. The molecular formula is C22H32O4. The largest absolute Gasteiger partial charge is 0.389 e. The normalized spacial score (nSPS) is 52.1. The molecule has 5 rings (SSSR count). The highest BCUT2D eigenvalue weighted by atomic mass is 16.5. The minimum absolute atomic E-state index is 0.124. The zero-order chi connectivity index (χ0) is 18.1. The Hall–Kier alpha value is -0.710. The van der Waals surface area contributed by atoms with Crippen molar-refractivity contribution < 1.29 is 19.4 Å². The van der Waals surface area contributed by atoms with Crippen molar-refractivity contribution in [1.29, 1.82) is 0 Å². The fraction of sp³-hybridized carbons (Fsp3) is 0.864. The number of aliphatic hydroxyl groups is 1. The monoisotopic (exact) mass is 360 g/mol. The summed E-state index contributed by atoms with van der Waals surface area (Å²) in [5.74, 6) is 1.79. The SMILES string of the molecule is CC1(C)C2=CCCC1(O)CC1C3COC3CCC1C1OC(C=O)CCC21. The van der Waals surface area contributed by atoms with Gasteiger partial charge >= 0.3 is 0 Å². The molecule has 0 aromatic rings. The maximum atomic E-state index is 11.8. The standard InChI is InChI=1S/C22H32O4/c1-21(2)18-4-3-9-22(21,24)10-16-14(7-8-19-17(16)12-25-19)20-15(18)6-5-13(11-23)26-20/h4,11,13-17,19-20,24H,3,5-10,12H2,1-2H3. The summed E-state index contributed by atoms with van der Waals surface area (Å²) in [6.45, 7) is 5.30. The number of carbonyl (C=O) groups is 1. The first-order valence-corrected chi connectivity index (χ1v) is 10.6. The van der Waals surface area contributed by atoms with Crippen LogP contribution in [0.1, 0.15) is 58.8 Å². The van der Waals surface area contributed by atoms with Crippen LogP contribution in [0.2, 0.25) is 0 Å². The number of aldehydes is 1. The summed E-state index contributed by atoms with van der Waals surface area (Å²) in [5, 5.41) is 11.8. The van der Waals surface area contributed by atoms with Crippen LogP contribution in [-0.4, -0.2) is 41.9 Å². The molecule has 2 aliphatic heterocycles. The Morgan fingerprint density at radius 2 is 2.00 bits per heavy atom. The molecule has 5 aliphatic rings. The van der Waals surface area contributed by atoms with Gasteiger partial charge < -0.3 is 19.4 Å². The van der Waals surface area contributed by atoms with Crippen molar-refractivity contribution in [1.82, 2.24) is 0 Å². The molecule has 8 unspecified atom stereocenters. The van der Waals surface area contributed by atoms with E-state index >= 15 is 0 Å². The van der Waals surface area contributed by atoms with Gasteiger partial charge in [-0.1, -0.05) is 25.5 Å². The number of hydrogen-bond donors (Lipinski definition) is 1. The van der Waals surface area contributed by atoms with Gasteiger partial charge in [-0.05, 0) is 56.8 Å². The van der Waals surface area contributed by atoms with Crippen LogP contribution in [0.5, 0.6) is 0 Å². The smallest absolute Gasteiger partial charge is 0.148 e. The predicted octanol–water partition coefficient (Wildman–Crippen LogP) is 3.27. The van der Waals surface area contributed by atoms with Gasteiger partial charge in [0.1, 0.15) is 12.4 Å². The molecular weight excluding hydrogens is 328 g/mol. The third-order valence-corrected chi connectivity index (χ3v) is 8.71. The molecule has 4 nitrogen and oxygen atoms in total. The van der Waals surface area contributed by atoms with E-state index in [-0.39, 0.29) is 17.6 Å². The lowest BCUT2D eigenvalue weighted by Crippen LogP contribution is -2.62. The van der Waals surface area contributed by atoms with E-state index in [0.29, 0.717) is 29.8 Å². The van der Waals surface area contributed by atoms with Gasteiger partial charge in [0.05, 0.1) is 24.4 Å². The Bertz CT molecular complexity index is 626. The van der Waals surface area contributed by atoms with E-state index in [0.717, 1.165) is 57.8 Å². The minimum Gasteiger partial charge on any atom is -0.389 e. The van der Waals surface area contributed by atoms with Gasteiger partial charge in [-0.25, -0.2) is 0 Å². The van der Waals surface area contributed by atoms with Crippen molar-refractivity contribution in [3.63, 3.8) is 0 Å². The lowest BCUT2D eigenvalue weighted by atomic mass is 9.50. The average Bonchev–Trinajstić information content (AvgIpc) is 2.58. The van der Waals surface area contributed by atoms with Crippen LogP contribution in [0.4, 0.5) is 0 Å². The Labute approximate surface area is 156 Å². The molecule has 2 bridgehead atoms. The Kier molecular flexibility index (Phi) is 3.94. The van der Waals surface area contributed by atoms with E-state index in [1.54, 1.807) is 0 Å². The summed E-state index contributed by atoms with van der Waals surface area (Å²) < 4.78 is 12.3. The molecule has 2 heterocycles. The van der Waals surface area contributed by atoms with Gasteiger partial charge in [0.25, 0.3) is 0 Å². The lowest BCUT2D eigenvalue weighted by molar-refractivity contribution is -0.225. The number of fused-ring (bicyclic) bond motifs is 8. The Morgan fingerprint density at radius 1 is 1.15 bits per heavy atom. The molecule has 0 radical (unpaired) electrons. The summed E-state index contributed by atoms with van der Waals surface area (Å²) in [6, 6.07) is 0. The molecule has 4 fully saturated rings. The molecule has 0 aromatic carbocycles. The second kappa shape index (κ2) is 5.89. The molecule has 4 heteroatoms. The molecule has 0 amide bonds. The van der Waals surface area contributed by atoms with E-state index in [1.807, 2.05) is 0 Å². The van der Waals surface area contributed by atoms with Crippen LogP contribution in [0.15, 0.2) is 11.6 Å². The van der Waals surface area contributed by atoms with Crippen molar-refractivity contribution >= 4 is 6.29 Å². The highest BCUT2D eigenvalue weighted by molar-refractivity contribution is 5.56. The first-order chi connectivity index (χ1) is 12.4. The fourth-order valence-electron chi connectivity index (χ4n) is 7.01. The highest BCUT2D eigenvalue weighted by Crippen LogP contribution is 2.60. The minimum atomic E-state index is -0.635. The maximum absolute atomic E-state index is 11.8. The maximum Gasteiger partial charge on any atom is 0.148 e. The zero-order valence-corrected chi connectivity index (χ0v) is 16.0. The van der Waals surface area contributed by atoms with Crippen molar-refractivity contribution in [2.45, 2.75) is 82.7 Å². The van der Waals surface area contributed by atoms with E-state index in [9.17, 15) is 9.90 Å². The first kappa shape index (κ1) is 17.4. The van der Waals surface area contributed by atoms with E-state index in [2.05, 4.69) is 19.9 Å². The van der Waals surface area contributed by atoms with Gasteiger partial charge in [0, 0.05) is 17.3 Å². The topological polar surface area (TPSA) is 55.8 Å². The molecule has 1 N–H and O–H groups in total. The third kappa shape index (κ3) is 2.28. The van der Waals surface area contributed by atoms with Crippen LogP contribution in [0.3, 0.4) is 0 Å². The number of rotatable bonds is 1. The van der Waals surface area contributed by atoms with Gasteiger partial charge in [0.15, 0.2) is 0 Å². The summed E-state index contributed by atoms with van der Waals surface area (Å²) in [6.07, 6.45) is 10.3. The molecule has 0 spiro atoms. The first-order valence-electron chi connectivity index (χ1n) is 10.6. The number of hydrogen-bond acceptors (Lipinski definition) is 4. The summed E-state index contributed by atoms with van der Waals surface area (Å²) in [5.41, 5.74) is 0.531. The summed E-state index contributed by atoms with van der Waals surface area (Å²) >= 11 is 0. The van der Waals surface area contributed by atoms with Crippen LogP contribution < -0.4 is 0 Å². The van der Waals surface area contributed by atoms with Gasteiger partial charge in [0.2, 0.25) is 0 Å². The molecule has 2 saturated heterocycles. The lowest BCUT2D eigenvalue weighted by Gasteiger charge is -2.61. The second-order valence-corrected chi connectivity index (χ2v) is 9.96. The third-order valence-electron chi connectivity index (χ3n) is 8.71. The van der Waals surface area contributed by atoms with E-state index < -0.39 is 5.60 Å². The van der Waals surface area contributed by atoms with Gasteiger partial charge in [-0.2, -0.15) is 0 Å². The fourth-order valence-corrected chi connectivity index (χ4v) is 7.01. The van der Waals surface area contributed by atoms with Crippen LogP contribution in [0.25, 0.3) is 0 Å². The number of allylic oxidation sites excluding steroid dienone is 1. The van der Waals surface area contributed by atoms with Crippen molar-refractivity contribution in [2.75, 3.05) is 6.61 Å². The number of ether oxygens (including phenoxy) is 2. The Morgan fingerprint density at radius 3 is 2.73 bits per heavy atom. The van der Waals surface area contributed by atoms with Gasteiger partial charge in [-0.3, -0.25) is 0 Å². The summed E-state index contributed by atoms with van der Waals surface area (Å²) in [7, 11) is 0. The summed E-state index contributed by atoms with van der Waals surface area (Å²) in [4.78, 5) is 11.5. The molecule has 2 saturated carbocycles. The van der Waals surface area contributed by atoms with E-state index in [1.165, 1.54) is 5.57 Å². The van der Waals surface area contributed by atoms with E-state index in [4.69, 9.17) is 9.47 Å². The highest BCUT2D eigenvalue weighted by Gasteiger charge is 2.59. The second-order valence-electron chi connectivity index (χ2n) is 9.96. The van der Waals surface area contributed by atoms with Crippen LogP contribution >= 0.6 is 0 Å². The zero-order valence-electron chi connectivity index (χ0n) is 16.0. The molecule has 26 heavy (non-hydrogen) atoms.